The van der Waals surface area contributed by atoms with Gasteiger partial charge in [-0.25, -0.2) is 0 Å². The molecule has 17 heavy (non-hydrogen) atoms. The number of nitrogens with zero attached hydrogens (tertiary/aromatic N) is 2. The first kappa shape index (κ1) is 12.5. The third-order valence-electron chi connectivity index (χ3n) is 2.40. The Bertz CT molecular complexity index is 525. The maximum Gasteiger partial charge on any atom is 0.00399 e. The molecule has 3 N–H and O–H groups in total. The second-order valence-corrected chi connectivity index (χ2v) is 5.09. The van der Waals surface area contributed by atoms with Crippen LogP contribution in [0.5, 0.6) is 0 Å². The summed E-state index contributed by atoms with van der Waals surface area (Å²) in [6.45, 7) is 0. The van der Waals surface area contributed by atoms with Crippen LogP contribution in [0.3, 0.4) is 0 Å². The molecule has 0 spiro atoms. The van der Waals surface area contributed by atoms with Crippen molar-refractivity contribution in [2.45, 2.75) is 18.9 Å². The fourth-order valence-electron chi connectivity index (χ4n) is 1.21. The summed E-state index contributed by atoms with van der Waals surface area (Å²) in [5, 5.41) is 3.16. The van der Waals surface area contributed by atoms with Crippen molar-refractivity contribution in [3.8, 4) is 11.4 Å². The van der Waals surface area contributed by atoms with Crippen LogP contribution in [0.25, 0.3) is 11.4 Å². The molecule has 0 amide bonds. The molecule has 0 radical (unpaired) electrons. The van der Waals surface area contributed by atoms with Gasteiger partial charge in [0.15, 0.2) is 0 Å². The third kappa shape index (κ3) is 3.75. The van der Waals surface area contributed by atoms with E-state index in [-0.39, 0.29) is 0 Å². The van der Waals surface area contributed by atoms with E-state index in [9.17, 15) is 0 Å². The topological polar surface area (TPSA) is 59.6 Å². The minimum atomic E-state index is 0.583. The van der Waals surface area contributed by atoms with Crippen LogP contribution in [0, 0.1) is 3.80 Å². The van der Waals surface area contributed by atoms with Crippen LogP contribution in [0.2, 0.25) is 0 Å². The van der Waals surface area contributed by atoms with Gasteiger partial charge in [0.2, 0.25) is 0 Å². The monoisotopic (exact) mass is 411 g/mol. The first-order valence-corrected chi connectivity index (χ1v) is 6.70. The number of benzene rings is 1. The number of aromatic amines is 1. The molecule has 0 unspecified atom stereocenters. The molecule has 0 aliphatic heterocycles. The van der Waals surface area contributed by atoms with Gasteiger partial charge in [-0.15, -0.1) is 0 Å². The second kappa shape index (κ2) is 5.56. The Balaban J connectivity index is 0.000000228. The van der Waals surface area contributed by atoms with E-state index in [1.54, 1.807) is 0 Å². The van der Waals surface area contributed by atoms with Crippen LogP contribution in [0.15, 0.2) is 30.3 Å². The number of aromatic nitrogens is 3. The van der Waals surface area contributed by atoms with Crippen LogP contribution in [-0.4, -0.2) is 20.8 Å². The number of aryl methyl sites for hydroxylation is 1. The van der Waals surface area contributed by atoms with E-state index in [1.165, 1.54) is 12.8 Å². The fourth-order valence-corrected chi connectivity index (χ4v) is 1.59. The van der Waals surface area contributed by atoms with Gasteiger partial charge in [0.25, 0.3) is 0 Å². The number of hydrogen-bond donors (Lipinski definition) is 2. The van der Waals surface area contributed by atoms with Crippen molar-refractivity contribution in [1.82, 2.24) is 14.8 Å². The van der Waals surface area contributed by atoms with Crippen molar-refractivity contribution in [2.24, 2.45) is 12.8 Å². The van der Waals surface area contributed by atoms with Gasteiger partial charge in [0, 0.05) is 6.04 Å². The van der Waals surface area contributed by atoms with Crippen molar-refractivity contribution in [3.05, 3.63) is 34.1 Å². The molecule has 1 heterocycles. The summed E-state index contributed by atoms with van der Waals surface area (Å²) in [4.78, 5) is 4.38. The van der Waals surface area contributed by atoms with E-state index < -0.39 is 0 Å². The summed E-state index contributed by atoms with van der Waals surface area (Å²) in [6, 6.07) is 10.7. The zero-order chi connectivity index (χ0) is 12.3. The number of H-pyrrole nitrogens is 1. The van der Waals surface area contributed by atoms with E-state index in [0.717, 1.165) is 15.2 Å². The Kier molecular flexibility index (Phi) is 4.08. The van der Waals surface area contributed by atoms with Crippen LogP contribution >= 0.6 is 0 Å². The molecule has 94 valence electrons. The average Bonchev–Trinajstić information content (AvgIpc) is 3.05. The molecule has 1 aliphatic carbocycles. The quantitative estimate of drug-likeness (QED) is 0.749. The largest absolute Gasteiger partial charge is 0.328 e. The average molecular weight is 411 g/mol. The zero-order valence-electron chi connectivity index (χ0n) is 9.67. The van der Waals surface area contributed by atoms with E-state index >= 15 is 0 Å². The molecule has 2 aromatic rings. The van der Waals surface area contributed by atoms with Gasteiger partial charge in [-0.05, 0) is 12.8 Å². The maximum absolute atomic E-state index is 5.22. The Morgan fingerprint density at radius 3 is 2.35 bits per heavy atom. The van der Waals surface area contributed by atoms with Gasteiger partial charge in [-0.2, -0.15) is 0 Å². The molecule has 0 saturated heterocycles. The van der Waals surface area contributed by atoms with Crippen molar-refractivity contribution in [2.75, 3.05) is 0 Å². The molecule has 3 rings (SSSR count). The van der Waals surface area contributed by atoms with Gasteiger partial charge in [-0.3, -0.25) is 0 Å². The van der Waals surface area contributed by atoms with E-state index in [1.807, 2.05) is 42.1 Å². The standard InChI is InChI=1S/C9H9N3.C3H7N.Pt/c1-12-7-10-9(11-12)8-5-3-2-4-6-8;4-3-1-2-3;/h2-6H,1H3,(H,10,11);3H,1-2,4H2;. The Morgan fingerprint density at radius 1 is 1.35 bits per heavy atom. The SMILES string of the molecule is Cn1[nH]c(-c2ccccc2)n[c]1=[Pt].NC1CC1. The first-order chi connectivity index (χ1) is 8.16. The minimum absolute atomic E-state index is 0.583. The minimum Gasteiger partial charge on any atom is -0.328 e. The van der Waals surface area contributed by atoms with Gasteiger partial charge in [0.05, 0.1) is 0 Å². The van der Waals surface area contributed by atoms with Gasteiger partial charge in [-0.1, -0.05) is 0 Å². The normalized spacial score (nSPS) is 14.1. The molecule has 0 atom stereocenters. The maximum atomic E-state index is 5.22. The Morgan fingerprint density at radius 2 is 1.94 bits per heavy atom. The molecule has 5 heteroatoms. The predicted molar refractivity (Wildman–Crippen MR) is 63.4 cm³/mol. The molecule has 1 aromatic carbocycles. The first-order valence-electron chi connectivity index (χ1n) is 5.56. The number of nitrogens with one attached hydrogen (secondary N) is 1. The Labute approximate surface area is 111 Å². The molecule has 1 saturated carbocycles. The third-order valence-corrected chi connectivity index (χ3v) is 3.41. The van der Waals surface area contributed by atoms with Gasteiger partial charge in [0.1, 0.15) is 0 Å². The Hall–Kier alpha value is -0.992. The molecule has 1 aromatic heterocycles. The molecule has 0 bridgehead atoms. The fraction of sp³-hybridized carbons (Fsp3) is 0.333. The van der Waals surface area contributed by atoms with Gasteiger partial charge < -0.3 is 5.73 Å². The summed E-state index contributed by atoms with van der Waals surface area (Å²) in [5.41, 5.74) is 6.33. The van der Waals surface area contributed by atoms with Crippen molar-refractivity contribution in [1.29, 1.82) is 0 Å². The van der Waals surface area contributed by atoms with Crippen molar-refractivity contribution < 1.29 is 19.4 Å². The van der Waals surface area contributed by atoms with Crippen LogP contribution in [0.1, 0.15) is 12.8 Å². The molecular formula is C12H16N4Pt. The van der Waals surface area contributed by atoms with E-state index in [0.29, 0.717) is 6.04 Å². The smallest absolute Gasteiger partial charge is 0.00399 e. The predicted octanol–water partition coefficient (Wildman–Crippen LogP) is 1.60. The van der Waals surface area contributed by atoms with Crippen LogP contribution in [0.4, 0.5) is 0 Å². The summed E-state index contributed by atoms with van der Waals surface area (Å²) < 4.78 is 2.85. The van der Waals surface area contributed by atoms with E-state index in [4.69, 9.17) is 5.73 Å². The van der Waals surface area contributed by atoms with Crippen LogP contribution < -0.4 is 5.73 Å². The number of nitrogens with two attached hydrogens (primary N) is 1. The van der Waals surface area contributed by atoms with Gasteiger partial charge >= 0.3 is 86.7 Å². The van der Waals surface area contributed by atoms with E-state index in [2.05, 4.69) is 29.4 Å². The number of rotatable bonds is 1. The molecule has 4 nitrogen and oxygen atoms in total. The summed E-state index contributed by atoms with van der Waals surface area (Å²) in [7, 11) is 1.95. The van der Waals surface area contributed by atoms with Crippen molar-refractivity contribution >= 4 is 0 Å². The summed E-state index contributed by atoms with van der Waals surface area (Å²) >= 11 is 2.18. The number of hydrogen-bond acceptors (Lipinski definition) is 2. The second-order valence-electron chi connectivity index (χ2n) is 4.08. The molecule has 1 fully saturated rings. The van der Waals surface area contributed by atoms with Crippen LogP contribution in [-0.2, 0) is 26.4 Å². The summed E-state index contributed by atoms with van der Waals surface area (Å²) in [6.07, 6.45) is 2.53. The summed E-state index contributed by atoms with van der Waals surface area (Å²) in [5.74, 6) is 0.910. The molecule has 1 aliphatic rings. The molecular weight excluding hydrogens is 395 g/mol. The van der Waals surface area contributed by atoms with Crippen molar-refractivity contribution in [3.63, 3.8) is 0 Å². The zero-order valence-corrected chi connectivity index (χ0v) is 11.9.